The molecular formula is C18H19N3O4. The molecule has 2 fully saturated rings. The molecule has 3 amide bonds. The maximum atomic E-state index is 13.2. The number of nitrogens with zero attached hydrogens (tertiary/aromatic N) is 3. The van der Waals surface area contributed by atoms with Crippen LogP contribution in [0.3, 0.4) is 0 Å². The summed E-state index contributed by atoms with van der Waals surface area (Å²) in [4.78, 5) is 52.1. The minimum absolute atomic E-state index is 0.000918. The van der Waals surface area contributed by atoms with Crippen molar-refractivity contribution >= 4 is 23.5 Å². The smallest absolute Gasteiger partial charge is 0.262 e. The van der Waals surface area contributed by atoms with Crippen molar-refractivity contribution in [2.24, 2.45) is 0 Å². The molecule has 130 valence electrons. The van der Waals surface area contributed by atoms with E-state index in [0.29, 0.717) is 24.1 Å². The Morgan fingerprint density at radius 3 is 2.20 bits per heavy atom. The second-order valence-electron chi connectivity index (χ2n) is 6.77. The predicted octanol–water partition coefficient (Wildman–Crippen LogP) is 0.852. The highest BCUT2D eigenvalue weighted by atomic mass is 16.2. The van der Waals surface area contributed by atoms with Crippen LogP contribution in [-0.2, 0) is 9.59 Å². The van der Waals surface area contributed by atoms with Crippen molar-refractivity contribution in [3.8, 4) is 0 Å². The number of Topliss-reactive ketones (excluding diaryl/α,β-unsaturated/α-hetero) is 1. The fraction of sp³-hybridized carbons (Fsp3) is 0.444. The van der Waals surface area contributed by atoms with E-state index in [1.54, 1.807) is 36.3 Å². The summed E-state index contributed by atoms with van der Waals surface area (Å²) in [5, 5.41) is 3.21. The highest BCUT2D eigenvalue weighted by Crippen LogP contribution is 2.31. The highest BCUT2D eigenvalue weighted by Gasteiger charge is 2.48. The number of hydrogen-bond acceptors (Lipinski definition) is 5. The summed E-state index contributed by atoms with van der Waals surface area (Å²) in [5.41, 5.74) is 0.638. The molecule has 0 spiro atoms. The van der Waals surface area contributed by atoms with Gasteiger partial charge in [-0.1, -0.05) is 12.1 Å². The van der Waals surface area contributed by atoms with E-state index >= 15 is 0 Å². The normalized spacial score (nSPS) is 27.4. The van der Waals surface area contributed by atoms with Gasteiger partial charge in [-0.2, -0.15) is 0 Å². The number of carbonyl (C=O) groups is 4. The highest BCUT2D eigenvalue weighted by molar-refractivity contribution is 6.23. The molecule has 4 rings (SSSR count). The van der Waals surface area contributed by atoms with Crippen LogP contribution in [0.1, 0.15) is 46.4 Å². The van der Waals surface area contributed by atoms with E-state index in [1.165, 1.54) is 5.01 Å². The first kappa shape index (κ1) is 16.0. The lowest BCUT2D eigenvalue weighted by Crippen LogP contribution is -2.60. The SMILES string of the molecule is CN1CCCC2C(=O)CCC(N3C(=O)c4ccccc4C3=O)C(=O)N21. The minimum atomic E-state index is -0.929. The molecule has 0 radical (unpaired) electrons. The first-order valence-electron chi connectivity index (χ1n) is 8.54. The first-order chi connectivity index (χ1) is 12.0. The van der Waals surface area contributed by atoms with Crippen LogP contribution in [0.15, 0.2) is 24.3 Å². The van der Waals surface area contributed by atoms with Gasteiger partial charge in [-0.05, 0) is 31.4 Å². The van der Waals surface area contributed by atoms with Crippen molar-refractivity contribution in [1.82, 2.24) is 14.9 Å². The molecule has 0 aliphatic carbocycles. The Hall–Kier alpha value is -2.54. The number of benzene rings is 1. The van der Waals surface area contributed by atoms with E-state index in [-0.39, 0.29) is 24.5 Å². The van der Waals surface area contributed by atoms with E-state index in [1.807, 2.05) is 0 Å². The molecule has 7 heteroatoms. The molecule has 0 saturated carbocycles. The zero-order valence-electron chi connectivity index (χ0n) is 14.0. The van der Waals surface area contributed by atoms with Crippen molar-refractivity contribution in [3.63, 3.8) is 0 Å². The van der Waals surface area contributed by atoms with Gasteiger partial charge in [0.1, 0.15) is 12.1 Å². The van der Waals surface area contributed by atoms with Crippen LogP contribution in [-0.4, -0.2) is 64.1 Å². The van der Waals surface area contributed by atoms with Gasteiger partial charge in [0.05, 0.1) is 11.1 Å². The van der Waals surface area contributed by atoms with Crippen molar-refractivity contribution in [1.29, 1.82) is 0 Å². The Morgan fingerprint density at radius 2 is 1.56 bits per heavy atom. The lowest BCUT2D eigenvalue weighted by Gasteiger charge is -2.42. The molecule has 2 saturated heterocycles. The fourth-order valence-electron chi connectivity index (χ4n) is 4.05. The van der Waals surface area contributed by atoms with Gasteiger partial charge in [0.15, 0.2) is 5.78 Å². The Kier molecular flexibility index (Phi) is 3.68. The monoisotopic (exact) mass is 341 g/mol. The maximum absolute atomic E-state index is 13.2. The van der Waals surface area contributed by atoms with Gasteiger partial charge < -0.3 is 0 Å². The molecule has 2 atom stereocenters. The molecule has 0 bridgehead atoms. The van der Waals surface area contributed by atoms with Gasteiger partial charge >= 0.3 is 0 Å². The average molecular weight is 341 g/mol. The summed E-state index contributed by atoms with van der Waals surface area (Å²) < 4.78 is 0. The standard InChI is InChI=1S/C18H19N3O4/c1-19-10-4-7-13-15(22)9-8-14(18(25)21(13)19)20-16(23)11-5-2-3-6-12(11)17(20)24/h2-3,5-6,13-14H,4,7-10H2,1H3. The zero-order chi connectivity index (χ0) is 17.7. The lowest BCUT2D eigenvalue weighted by atomic mass is 10.0. The van der Waals surface area contributed by atoms with Crippen LogP contribution in [0.2, 0.25) is 0 Å². The number of fused-ring (bicyclic) bond motifs is 2. The largest absolute Gasteiger partial charge is 0.297 e. The Morgan fingerprint density at radius 1 is 0.920 bits per heavy atom. The summed E-state index contributed by atoms with van der Waals surface area (Å²) in [7, 11) is 1.77. The van der Waals surface area contributed by atoms with Crippen LogP contribution < -0.4 is 0 Å². The number of amides is 3. The maximum Gasteiger partial charge on any atom is 0.262 e. The molecule has 7 nitrogen and oxygen atoms in total. The van der Waals surface area contributed by atoms with Gasteiger partial charge in [0.25, 0.3) is 17.7 Å². The summed E-state index contributed by atoms with van der Waals surface area (Å²) in [6, 6.07) is 5.17. The number of rotatable bonds is 1. The van der Waals surface area contributed by atoms with E-state index in [9.17, 15) is 19.2 Å². The van der Waals surface area contributed by atoms with Gasteiger partial charge in [-0.15, -0.1) is 0 Å². The summed E-state index contributed by atoms with van der Waals surface area (Å²) >= 11 is 0. The molecule has 0 N–H and O–H groups in total. The molecular weight excluding hydrogens is 322 g/mol. The quantitative estimate of drug-likeness (QED) is 0.708. The number of carbonyl (C=O) groups excluding carboxylic acids is 4. The second-order valence-corrected chi connectivity index (χ2v) is 6.77. The minimum Gasteiger partial charge on any atom is -0.297 e. The molecule has 3 aliphatic heterocycles. The molecule has 3 heterocycles. The number of ketones is 1. The molecule has 3 aliphatic rings. The summed E-state index contributed by atoms with van der Waals surface area (Å²) in [6.45, 7) is 0.671. The Balaban J connectivity index is 1.71. The third-order valence-electron chi connectivity index (χ3n) is 5.31. The average Bonchev–Trinajstić information content (AvgIpc) is 2.78. The molecule has 2 unspecified atom stereocenters. The van der Waals surface area contributed by atoms with Crippen LogP contribution in [0.25, 0.3) is 0 Å². The fourth-order valence-corrected chi connectivity index (χ4v) is 4.05. The Labute approximate surface area is 145 Å². The zero-order valence-corrected chi connectivity index (χ0v) is 14.0. The van der Waals surface area contributed by atoms with Crippen LogP contribution in [0, 0.1) is 0 Å². The van der Waals surface area contributed by atoms with Gasteiger partial charge in [0.2, 0.25) is 0 Å². The molecule has 1 aromatic rings. The van der Waals surface area contributed by atoms with Crippen LogP contribution >= 0.6 is 0 Å². The van der Waals surface area contributed by atoms with Crippen molar-refractivity contribution < 1.29 is 19.2 Å². The Bertz CT molecular complexity index is 755. The van der Waals surface area contributed by atoms with Crippen molar-refractivity contribution in [2.75, 3.05) is 13.6 Å². The number of hydrazine groups is 1. The topological polar surface area (TPSA) is 78.0 Å². The molecule has 25 heavy (non-hydrogen) atoms. The van der Waals surface area contributed by atoms with Crippen molar-refractivity contribution in [2.45, 2.75) is 37.8 Å². The van der Waals surface area contributed by atoms with E-state index < -0.39 is 23.9 Å². The third kappa shape index (κ3) is 2.30. The number of hydrogen-bond donors (Lipinski definition) is 0. The predicted molar refractivity (Wildman–Crippen MR) is 87.5 cm³/mol. The van der Waals surface area contributed by atoms with Gasteiger partial charge in [-0.3, -0.25) is 29.1 Å². The van der Waals surface area contributed by atoms with Crippen molar-refractivity contribution in [3.05, 3.63) is 35.4 Å². The first-order valence-corrected chi connectivity index (χ1v) is 8.54. The summed E-state index contributed by atoms with van der Waals surface area (Å²) in [6.07, 6.45) is 1.85. The van der Waals surface area contributed by atoms with Gasteiger partial charge in [0, 0.05) is 20.0 Å². The molecule has 0 aromatic heterocycles. The molecule has 1 aromatic carbocycles. The van der Waals surface area contributed by atoms with Crippen LogP contribution in [0.4, 0.5) is 0 Å². The van der Waals surface area contributed by atoms with E-state index in [2.05, 4.69) is 0 Å². The van der Waals surface area contributed by atoms with Crippen LogP contribution in [0.5, 0.6) is 0 Å². The summed E-state index contributed by atoms with van der Waals surface area (Å²) in [5.74, 6) is -1.25. The van der Waals surface area contributed by atoms with E-state index in [4.69, 9.17) is 0 Å². The third-order valence-corrected chi connectivity index (χ3v) is 5.31. The number of imide groups is 1. The lowest BCUT2D eigenvalue weighted by molar-refractivity contribution is -0.164. The van der Waals surface area contributed by atoms with Gasteiger partial charge in [-0.25, -0.2) is 5.01 Å². The van der Waals surface area contributed by atoms with E-state index in [0.717, 1.165) is 11.3 Å². The second kappa shape index (κ2) is 5.77.